The number of ether oxygens (including phenoxy) is 1. The number of halogens is 2. The first kappa shape index (κ1) is 19.4. The number of carbonyl (C=O) groups excluding carboxylic acids is 2. The minimum atomic E-state index is -1.27. The van der Waals surface area contributed by atoms with Gasteiger partial charge < -0.3 is 15.4 Å². The molecule has 2 heterocycles. The number of carbonyl (C=O) groups is 2. The maximum atomic E-state index is 13.8. The Balaban J connectivity index is 2.02. The summed E-state index contributed by atoms with van der Waals surface area (Å²) >= 11 is 0. The van der Waals surface area contributed by atoms with Crippen LogP contribution in [0.5, 0.6) is 0 Å². The molecule has 11 heteroatoms. The number of H-pyrrole nitrogens is 1. The molecule has 0 saturated heterocycles. The Bertz CT molecular complexity index is 1060. The third-order valence-electron chi connectivity index (χ3n) is 4.26. The highest BCUT2D eigenvalue weighted by molar-refractivity contribution is 6.04. The summed E-state index contributed by atoms with van der Waals surface area (Å²) in [4.78, 5) is 51.3. The highest BCUT2D eigenvalue weighted by Gasteiger charge is 2.35. The average molecular weight is 394 g/mol. The Kier molecular flexibility index (Phi) is 5.36. The lowest BCUT2D eigenvalue weighted by Gasteiger charge is -2.26. The van der Waals surface area contributed by atoms with Gasteiger partial charge in [-0.3, -0.25) is 23.9 Å². The van der Waals surface area contributed by atoms with Crippen LogP contribution in [0.25, 0.3) is 0 Å². The molecule has 9 nitrogen and oxygen atoms in total. The topological polar surface area (TPSA) is 122 Å². The number of aromatic amines is 1. The van der Waals surface area contributed by atoms with Crippen molar-refractivity contribution in [1.29, 1.82) is 0 Å². The Morgan fingerprint density at radius 3 is 2.75 bits per heavy atom. The molecule has 2 amide bonds. The van der Waals surface area contributed by atoms with Crippen LogP contribution in [0, 0.1) is 11.6 Å². The molecule has 0 fully saturated rings. The van der Waals surface area contributed by atoms with Crippen LogP contribution in [0.1, 0.15) is 17.9 Å². The molecule has 1 atom stereocenters. The van der Waals surface area contributed by atoms with Crippen molar-refractivity contribution in [2.45, 2.75) is 18.9 Å². The second-order valence-electron chi connectivity index (χ2n) is 6.08. The van der Waals surface area contributed by atoms with Crippen molar-refractivity contribution in [3.8, 4) is 0 Å². The molecular formula is C17H16F2N4O5. The van der Waals surface area contributed by atoms with Gasteiger partial charge in [-0.1, -0.05) is 0 Å². The van der Waals surface area contributed by atoms with E-state index in [2.05, 4.69) is 15.6 Å². The van der Waals surface area contributed by atoms with Crippen molar-refractivity contribution in [3.63, 3.8) is 0 Å². The van der Waals surface area contributed by atoms with Crippen LogP contribution in [0.2, 0.25) is 0 Å². The maximum absolute atomic E-state index is 13.8. The zero-order valence-electron chi connectivity index (χ0n) is 14.7. The van der Waals surface area contributed by atoms with E-state index in [9.17, 15) is 28.0 Å². The lowest BCUT2D eigenvalue weighted by molar-refractivity contribution is -0.123. The van der Waals surface area contributed by atoms with E-state index in [1.807, 2.05) is 0 Å². The number of hydrogen-bond acceptors (Lipinski definition) is 5. The number of methoxy groups -OCH3 is 1. The largest absolute Gasteiger partial charge is 0.383 e. The van der Waals surface area contributed by atoms with Crippen LogP contribution in [0.4, 0.5) is 20.3 Å². The normalized spacial score (nSPS) is 15.7. The number of benzene rings is 1. The minimum absolute atomic E-state index is 0.0235. The van der Waals surface area contributed by atoms with Gasteiger partial charge >= 0.3 is 5.69 Å². The highest BCUT2D eigenvalue weighted by atomic mass is 19.1. The van der Waals surface area contributed by atoms with Gasteiger partial charge in [0.15, 0.2) is 0 Å². The van der Waals surface area contributed by atoms with Gasteiger partial charge in [0.05, 0.1) is 30.3 Å². The summed E-state index contributed by atoms with van der Waals surface area (Å²) in [7, 11) is 1.41. The molecule has 3 N–H and O–H groups in total. The van der Waals surface area contributed by atoms with E-state index in [-0.39, 0.29) is 36.6 Å². The second kappa shape index (κ2) is 7.72. The van der Waals surface area contributed by atoms with Gasteiger partial charge in [0.1, 0.15) is 17.5 Å². The Labute approximate surface area is 156 Å². The van der Waals surface area contributed by atoms with Gasteiger partial charge in [0.2, 0.25) is 11.8 Å². The van der Waals surface area contributed by atoms with Crippen LogP contribution in [-0.2, 0) is 20.9 Å². The molecule has 1 aliphatic rings. The molecule has 0 spiro atoms. The SMILES string of the molecule is COCCn1c2c(c(=O)[nH]c1=O)C(C(=O)Nc1ccc(F)cc1F)CC(=O)N2. The summed E-state index contributed by atoms with van der Waals surface area (Å²) in [5, 5.41) is 4.68. The number of amides is 2. The molecule has 0 bridgehead atoms. The van der Waals surface area contributed by atoms with Gasteiger partial charge in [0, 0.05) is 19.6 Å². The lowest BCUT2D eigenvalue weighted by Crippen LogP contribution is -2.43. The number of nitrogens with one attached hydrogen (secondary N) is 3. The smallest absolute Gasteiger partial charge is 0.330 e. The van der Waals surface area contributed by atoms with Crippen molar-refractivity contribution >= 4 is 23.3 Å². The molecule has 1 aromatic carbocycles. The molecule has 1 aromatic heterocycles. The predicted octanol–water partition coefficient (Wildman–Crippen LogP) is 0.526. The summed E-state index contributed by atoms with van der Waals surface area (Å²) < 4.78 is 32.8. The number of hydrogen-bond donors (Lipinski definition) is 3. The van der Waals surface area contributed by atoms with E-state index in [1.165, 1.54) is 7.11 Å². The fraction of sp³-hybridized carbons (Fsp3) is 0.294. The summed E-state index contributed by atoms with van der Waals surface area (Å²) in [5.74, 6) is -4.65. The number of fused-ring (bicyclic) bond motifs is 1. The average Bonchev–Trinajstić information content (AvgIpc) is 2.62. The van der Waals surface area contributed by atoms with E-state index >= 15 is 0 Å². The zero-order chi connectivity index (χ0) is 20.4. The predicted molar refractivity (Wildman–Crippen MR) is 94.2 cm³/mol. The summed E-state index contributed by atoms with van der Waals surface area (Å²) in [6.45, 7) is 0.140. The summed E-state index contributed by atoms with van der Waals surface area (Å²) in [6, 6.07) is 2.57. The fourth-order valence-corrected chi connectivity index (χ4v) is 2.95. The molecule has 148 valence electrons. The van der Waals surface area contributed by atoms with Crippen molar-refractivity contribution < 1.29 is 23.1 Å². The Hall–Kier alpha value is -3.34. The van der Waals surface area contributed by atoms with Gasteiger partial charge in [-0.25, -0.2) is 13.6 Å². The first-order valence-electron chi connectivity index (χ1n) is 8.23. The van der Waals surface area contributed by atoms with Crippen LogP contribution >= 0.6 is 0 Å². The van der Waals surface area contributed by atoms with Crippen LogP contribution in [-0.4, -0.2) is 35.1 Å². The lowest BCUT2D eigenvalue weighted by atomic mass is 9.92. The molecule has 0 radical (unpaired) electrons. The van der Waals surface area contributed by atoms with Crippen molar-refractivity contribution in [1.82, 2.24) is 9.55 Å². The van der Waals surface area contributed by atoms with Gasteiger partial charge in [0.25, 0.3) is 5.56 Å². The van der Waals surface area contributed by atoms with Crippen LogP contribution in [0.3, 0.4) is 0 Å². The van der Waals surface area contributed by atoms with Gasteiger partial charge in [-0.05, 0) is 12.1 Å². The highest BCUT2D eigenvalue weighted by Crippen LogP contribution is 2.30. The molecule has 1 aliphatic heterocycles. The van der Waals surface area contributed by atoms with Crippen LogP contribution in [0.15, 0.2) is 27.8 Å². The van der Waals surface area contributed by atoms with Crippen molar-refractivity contribution in [2.75, 3.05) is 24.4 Å². The fourth-order valence-electron chi connectivity index (χ4n) is 2.95. The first-order valence-corrected chi connectivity index (χ1v) is 8.23. The summed E-state index contributed by atoms with van der Waals surface area (Å²) in [5.41, 5.74) is -2.04. The van der Waals surface area contributed by atoms with E-state index < -0.39 is 40.6 Å². The van der Waals surface area contributed by atoms with Crippen LogP contribution < -0.4 is 21.9 Å². The van der Waals surface area contributed by atoms with E-state index in [0.717, 1.165) is 16.7 Å². The molecule has 2 aromatic rings. The number of rotatable bonds is 5. The third-order valence-corrected chi connectivity index (χ3v) is 4.26. The second-order valence-corrected chi connectivity index (χ2v) is 6.08. The first-order chi connectivity index (χ1) is 13.3. The Morgan fingerprint density at radius 2 is 2.07 bits per heavy atom. The van der Waals surface area contributed by atoms with E-state index in [4.69, 9.17) is 4.74 Å². The van der Waals surface area contributed by atoms with Crippen molar-refractivity contribution in [3.05, 3.63) is 56.2 Å². The third kappa shape index (κ3) is 3.69. The molecule has 28 heavy (non-hydrogen) atoms. The molecular weight excluding hydrogens is 378 g/mol. The Morgan fingerprint density at radius 1 is 1.32 bits per heavy atom. The molecule has 0 saturated carbocycles. The number of nitrogens with zero attached hydrogens (tertiary/aromatic N) is 1. The van der Waals surface area contributed by atoms with E-state index in [0.29, 0.717) is 6.07 Å². The molecule has 1 unspecified atom stereocenters. The zero-order valence-corrected chi connectivity index (χ0v) is 14.7. The molecule has 0 aliphatic carbocycles. The minimum Gasteiger partial charge on any atom is -0.383 e. The number of aromatic nitrogens is 2. The van der Waals surface area contributed by atoms with E-state index in [1.54, 1.807) is 0 Å². The number of anilines is 2. The quantitative estimate of drug-likeness (QED) is 0.683. The van der Waals surface area contributed by atoms with Gasteiger partial charge in [-0.15, -0.1) is 0 Å². The standard InChI is InChI=1S/C17H16F2N4O5/c1-28-5-4-23-14-13(16(26)22-17(23)27)9(7-12(24)21-14)15(25)20-11-3-2-8(18)6-10(11)19/h2-3,6,9H,4-5,7H2,1H3,(H,20,25)(H,21,24)(H,22,26,27). The maximum Gasteiger partial charge on any atom is 0.330 e. The van der Waals surface area contributed by atoms with Gasteiger partial charge in [-0.2, -0.15) is 0 Å². The molecule has 3 rings (SSSR count). The van der Waals surface area contributed by atoms with Crippen molar-refractivity contribution in [2.24, 2.45) is 0 Å². The summed E-state index contributed by atoms with van der Waals surface area (Å²) in [6.07, 6.45) is -0.382. The monoisotopic (exact) mass is 394 g/mol.